The monoisotopic (exact) mass is 686 g/mol. The molecular weight excluding hydrogens is 657 g/mol. The first-order valence-corrected chi connectivity index (χ1v) is 18.2. The predicted octanol–water partition coefficient (Wildman–Crippen LogP) is 12.9. The zero-order valence-electron chi connectivity index (χ0n) is 29.1. The molecule has 54 heavy (non-hydrogen) atoms. The molecule has 0 aliphatic rings. The molecule has 11 rings (SSSR count). The number of hydrogen-bond donors (Lipinski definition) is 0. The van der Waals surface area contributed by atoms with Crippen LogP contribution in [0.15, 0.2) is 182 Å². The Bertz CT molecular complexity index is 3240. The van der Waals surface area contributed by atoms with Gasteiger partial charge >= 0.3 is 0 Å². The van der Waals surface area contributed by atoms with E-state index >= 15 is 0 Å². The van der Waals surface area contributed by atoms with Gasteiger partial charge in [0.25, 0.3) is 0 Å². The summed E-state index contributed by atoms with van der Waals surface area (Å²) in [5, 5.41) is 13.2. The highest BCUT2D eigenvalue weighted by Crippen LogP contribution is 2.40. The molecule has 4 nitrogen and oxygen atoms in total. The van der Waals surface area contributed by atoms with Crippen LogP contribution in [0.1, 0.15) is 0 Å². The molecule has 0 N–H and O–H groups in total. The van der Waals surface area contributed by atoms with Crippen LogP contribution in [0.2, 0.25) is 0 Å². The Kier molecular flexibility index (Phi) is 6.82. The zero-order chi connectivity index (χ0) is 35.6. The lowest BCUT2D eigenvalue weighted by Crippen LogP contribution is -2.01. The van der Waals surface area contributed by atoms with Crippen molar-refractivity contribution in [1.82, 2.24) is 19.9 Å². The zero-order valence-corrected chi connectivity index (χ0v) is 29.1. The summed E-state index contributed by atoms with van der Waals surface area (Å²) in [7, 11) is 0. The fourth-order valence-corrected chi connectivity index (χ4v) is 8.17. The average molecular weight is 687 g/mol. The van der Waals surface area contributed by atoms with Gasteiger partial charge < -0.3 is 0 Å². The van der Waals surface area contributed by atoms with Crippen molar-refractivity contribution in [2.24, 2.45) is 0 Å². The smallest absolute Gasteiger partial charge is 0.165 e. The maximum absolute atomic E-state index is 5.16. The highest BCUT2D eigenvalue weighted by atomic mass is 15.0. The fraction of sp³-hybridized carbons (Fsp3) is 0. The second kappa shape index (κ2) is 12.1. The Morgan fingerprint density at radius 2 is 0.815 bits per heavy atom. The van der Waals surface area contributed by atoms with Gasteiger partial charge in [-0.3, -0.25) is 4.98 Å². The van der Waals surface area contributed by atoms with Gasteiger partial charge in [0.05, 0.1) is 5.52 Å². The minimum atomic E-state index is 0.586. The maximum Gasteiger partial charge on any atom is 0.165 e. The molecule has 4 heteroatoms. The van der Waals surface area contributed by atoms with E-state index in [2.05, 4.69) is 146 Å². The van der Waals surface area contributed by atoms with Crippen molar-refractivity contribution in [3.8, 4) is 45.3 Å². The Labute approximate surface area is 311 Å². The first-order chi connectivity index (χ1) is 26.8. The minimum Gasteiger partial charge on any atom is -0.255 e. The third-order valence-electron chi connectivity index (χ3n) is 10.7. The molecule has 0 aliphatic heterocycles. The van der Waals surface area contributed by atoms with Crippen molar-refractivity contribution in [1.29, 1.82) is 0 Å². The molecule has 2 aromatic heterocycles. The lowest BCUT2D eigenvalue weighted by molar-refractivity contribution is 1.07. The van der Waals surface area contributed by atoms with Crippen LogP contribution < -0.4 is 0 Å². The molecule has 0 unspecified atom stereocenters. The molecule has 9 aromatic carbocycles. The van der Waals surface area contributed by atoms with Crippen molar-refractivity contribution >= 4 is 64.8 Å². The number of nitrogens with zero attached hydrogens (tertiary/aromatic N) is 4. The predicted molar refractivity (Wildman–Crippen MR) is 224 cm³/mol. The molecule has 0 saturated carbocycles. The van der Waals surface area contributed by atoms with Crippen LogP contribution in [0.5, 0.6) is 0 Å². The Morgan fingerprint density at radius 1 is 0.278 bits per heavy atom. The molecule has 0 bridgehead atoms. The van der Waals surface area contributed by atoms with Gasteiger partial charge in [-0.2, -0.15) is 0 Å². The molecule has 0 saturated heterocycles. The van der Waals surface area contributed by atoms with E-state index in [9.17, 15) is 0 Å². The van der Waals surface area contributed by atoms with Crippen molar-refractivity contribution in [2.75, 3.05) is 0 Å². The second-order valence-corrected chi connectivity index (χ2v) is 13.8. The molecular formula is C50H30N4. The van der Waals surface area contributed by atoms with Crippen molar-refractivity contribution < 1.29 is 0 Å². The highest BCUT2D eigenvalue weighted by molar-refractivity contribution is 6.26. The highest BCUT2D eigenvalue weighted by Gasteiger charge is 2.17. The first-order valence-electron chi connectivity index (χ1n) is 18.2. The van der Waals surface area contributed by atoms with E-state index in [1.165, 1.54) is 43.3 Å². The Morgan fingerprint density at radius 3 is 1.56 bits per heavy atom. The Hall–Kier alpha value is -7.30. The van der Waals surface area contributed by atoms with Gasteiger partial charge in [0.1, 0.15) is 0 Å². The quantitative estimate of drug-likeness (QED) is 0.173. The minimum absolute atomic E-state index is 0.586. The largest absolute Gasteiger partial charge is 0.255 e. The third-order valence-corrected chi connectivity index (χ3v) is 10.7. The van der Waals surface area contributed by atoms with Gasteiger partial charge in [0, 0.05) is 33.7 Å². The summed E-state index contributed by atoms with van der Waals surface area (Å²) in [4.78, 5) is 20.2. The molecule has 0 aliphatic carbocycles. The van der Waals surface area contributed by atoms with E-state index in [1.54, 1.807) is 0 Å². The molecule has 2 heterocycles. The number of benzene rings is 9. The van der Waals surface area contributed by atoms with Crippen molar-refractivity contribution in [2.45, 2.75) is 0 Å². The second-order valence-electron chi connectivity index (χ2n) is 13.8. The number of fused-ring (bicyclic) bond motifs is 10. The van der Waals surface area contributed by atoms with E-state index in [-0.39, 0.29) is 0 Å². The van der Waals surface area contributed by atoms with Crippen LogP contribution >= 0.6 is 0 Å². The van der Waals surface area contributed by atoms with E-state index in [0.29, 0.717) is 17.5 Å². The van der Waals surface area contributed by atoms with Gasteiger partial charge in [0.15, 0.2) is 17.5 Å². The molecule has 0 fully saturated rings. The van der Waals surface area contributed by atoms with Crippen LogP contribution in [-0.2, 0) is 0 Å². The van der Waals surface area contributed by atoms with E-state index in [0.717, 1.165) is 49.3 Å². The van der Waals surface area contributed by atoms with Gasteiger partial charge in [0.2, 0.25) is 0 Å². The summed E-state index contributed by atoms with van der Waals surface area (Å²) in [5.41, 5.74) is 6.02. The first kappa shape index (κ1) is 30.3. The van der Waals surface area contributed by atoms with E-state index < -0.39 is 0 Å². The van der Waals surface area contributed by atoms with Crippen LogP contribution in [0.3, 0.4) is 0 Å². The lowest BCUT2D eigenvalue weighted by Gasteiger charge is -2.14. The number of pyridine rings is 1. The molecule has 0 atom stereocenters. The van der Waals surface area contributed by atoms with Gasteiger partial charge in [-0.15, -0.1) is 0 Å². The summed E-state index contributed by atoms with van der Waals surface area (Å²) < 4.78 is 0. The molecule has 11 aromatic rings. The number of aromatic nitrogens is 4. The van der Waals surface area contributed by atoms with Crippen LogP contribution in [-0.4, -0.2) is 19.9 Å². The van der Waals surface area contributed by atoms with Gasteiger partial charge in [-0.25, -0.2) is 15.0 Å². The number of hydrogen-bond acceptors (Lipinski definition) is 4. The fourth-order valence-electron chi connectivity index (χ4n) is 8.17. The van der Waals surface area contributed by atoms with Crippen LogP contribution in [0.25, 0.3) is 110 Å². The molecule has 250 valence electrons. The Balaban J connectivity index is 1.10. The summed E-state index contributed by atoms with van der Waals surface area (Å²) in [6.07, 6.45) is 1.89. The van der Waals surface area contributed by atoms with Gasteiger partial charge in [-0.05, 0) is 71.7 Å². The lowest BCUT2D eigenvalue weighted by atomic mass is 9.90. The van der Waals surface area contributed by atoms with Crippen molar-refractivity contribution in [3.05, 3.63) is 182 Å². The average Bonchev–Trinajstić information content (AvgIpc) is 3.25. The van der Waals surface area contributed by atoms with E-state index in [4.69, 9.17) is 19.9 Å². The summed E-state index contributed by atoms with van der Waals surface area (Å²) >= 11 is 0. The number of rotatable bonds is 4. The van der Waals surface area contributed by atoms with Gasteiger partial charge in [-0.1, -0.05) is 164 Å². The summed E-state index contributed by atoms with van der Waals surface area (Å²) in [6, 6.07) is 62.2. The van der Waals surface area contributed by atoms with E-state index in [1.807, 2.05) is 36.5 Å². The third kappa shape index (κ3) is 4.85. The molecule has 0 spiro atoms. The maximum atomic E-state index is 5.16. The van der Waals surface area contributed by atoms with Crippen LogP contribution in [0.4, 0.5) is 0 Å². The topological polar surface area (TPSA) is 51.6 Å². The molecule has 0 radical (unpaired) electrons. The summed E-state index contributed by atoms with van der Waals surface area (Å²) in [6.45, 7) is 0. The van der Waals surface area contributed by atoms with Crippen molar-refractivity contribution in [3.63, 3.8) is 0 Å². The summed E-state index contributed by atoms with van der Waals surface area (Å²) in [5.74, 6) is 1.83. The normalized spacial score (nSPS) is 11.7. The SMILES string of the molecule is c1ccc(-c2nc(-c3cnc4c(ccc5ccccc54)c3)nc(-c3cccc4c(-c5ccc6c7ccccc7c7ccccc7c6c5)cccc34)n2)cc1. The molecule has 0 amide bonds. The standard InChI is InChI=1S/C50H30N4/c1-2-13-32(14-3-1)48-52-49(35-28-34-25-24-31-12-4-5-15-37(31)47(34)51-30-35)54-50(53-48)45-23-11-21-38-36(20-10-22-42(38)45)33-26-27-44-41-18-7-6-16-39(41)40-17-8-9-19-43(40)46(44)29-33/h1-30H. The van der Waals surface area contributed by atoms with Crippen LogP contribution in [0, 0.1) is 0 Å².